The number of hydrogen-bond acceptors (Lipinski definition) is 3. The van der Waals surface area contributed by atoms with Crippen LogP contribution in [0.15, 0.2) is 0 Å². The van der Waals surface area contributed by atoms with Gasteiger partial charge < -0.3 is 16.0 Å². The molecule has 0 aromatic rings. The molecule has 0 aliphatic heterocycles. The number of amides is 3. The van der Waals surface area contributed by atoms with E-state index in [4.69, 9.17) is 0 Å². The van der Waals surface area contributed by atoms with E-state index in [2.05, 4.69) is 36.7 Å². The molecule has 278 valence electrons. The van der Waals surface area contributed by atoms with Crippen molar-refractivity contribution in [2.24, 2.45) is 23.7 Å². The Bertz CT molecular complexity index is 821. The van der Waals surface area contributed by atoms with Gasteiger partial charge in [-0.1, -0.05) is 117 Å². The van der Waals surface area contributed by atoms with Crippen LogP contribution in [-0.2, 0) is 14.4 Å². The minimum atomic E-state index is -0.610. The smallest absolute Gasteiger partial charge is 0.224 e. The van der Waals surface area contributed by atoms with Gasteiger partial charge in [-0.05, 0) is 94.8 Å². The van der Waals surface area contributed by atoms with E-state index in [9.17, 15) is 14.4 Å². The lowest BCUT2D eigenvalue weighted by atomic mass is 9.82. The van der Waals surface area contributed by atoms with Crippen molar-refractivity contribution in [3.05, 3.63) is 0 Å². The summed E-state index contributed by atoms with van der Waals surface area (Å²) < 4.78 is 0. The van der Waals surface area contributed by atoms with Crippen molar-refractivity contribution in [3.8, 4) is 0 Å². The summed E-state index contributed by atoms with van der Waals surface area (Å²) in [4.78, 5) is 40.4. The van der Waals surface area contributed by atoms with Gasteiger partial charge in [-0.3, -0.25) is 14.4 Å². The van der Waals surface area contributed by atoms with E-state index >= 15 is 0 Å². The molecule has 0 saturated heterocycles. The summed E-state index contributed by atoms with van der Waals surface area (Å²) in [6.07, 6.45) is 33.2. The maximum Gasteiger partial charge on any atom is 0.224 e. The molecule has 0 radical (unpaired) electrons. The number of unbranched alkanes of at least 4 members (excludes halogenated alkanes) is 9. The van der Waals surface area contributed by atoms with Gasteiger partial charge in [-0.2, -0.15) is 0 Å². The molecule has 48 heavy (non-hydrogen) atoms. The van der Waals surface area contributed by atoms with E-state index in [1.54, 1.807) is 0 Å². The molecule has 6 nitrogen and oxygen atoms in total. The van der Waals surface area contributed by atoms with Crippen molar-refractivity contribution in [2.45, 2.75) is 225 Å². The zero-order chi connectivity index (χ0) is 34.4. The molecule has 0 atom stereocenters. The predicted molar refractivity (Wildman–Crippen MR) is 201 cm³/mol. The Labute approximate surface area is 296 Å². The highest BCUT2D eigenvalue weighted by atomic mass is 16.2. The molecule has 0 aromatic heterocycles. The first-order valence-electron chi connectivity index (χ1n) is 21.3. The summed E-state index contributed by atoms with van der Waals surface area (Å²) in [7, 11) is 0. The summed E-state index contributed by atoms with van der Waals surface area (Å²) in [5, 5.41) is 9.85. The van der Waals surface area contributed by atoms with Gasteiger partial charge in [0, 0.05) is 31.0 Å². The molecule has 0 bridgehead atoms. The zero-order valence-electron chi connectivity index (χ0n) is 31.8. The van der Waals surface area contributed by atoms with Crippen LogP contribution in [0.2, 0.25) is 0 Å². The second kappa shape index (κ2) is 24.5. The van der Waals surface area contributed by atoms with E-state index in [-0.39, 0.29) is 48.7 Å². The first kappa shape index (κ1) is 40.8. The lowest BCUT2D eigenvalue weighted by molar-refractivity contribution is -0.134. The fraction of sp³-hybridized carbons (Fsp3) is 0.929. The van der Waals surface area contributed by atoms with Crippen molar-refractivity contribution in [1.29, 1.82) is 0 Å². The minimum absolute atomic E-state index is 0.0614. The van der Waals surface area contributed by atoms with Crippen LogP contribution in [0.5, 0.6) is 0 Å². The first-order valence-corrected chi connectivity index (χ1v) is 21.3. The van der Waals surface area contributed by atoms with Crippen LogP contribution >= 0.6 is 0 Å². The Hall–Kier alpha value is -1.59. The van der Waals surface area contributed by atoms with Gasteiger partial charge in [-0.15, -0.1) is 0 Å². The molecule has 0 unspecified atom stereocenters. The van der Waals surface area contributed by atoms with Crippen molar-refractivity contribution < 1.29 is 14.4 Å². The number of carbonyl (C=O) groups excluding carboxylic acids is 3. The van der Waals surface area contributed by atoms with E-state index in [0.717, 1.165) is 56.3 Å². The normalized spacial score (nSPS) is 26.8. The zero-order valence-corrected chi connectivity index (χ0v) is 31.8. The third kappa shape index (κ3) is 16.9. The molecular formula is C42H77N3O3. The highest BCUT2D eigenvalue weighted by Gasteiger charge is 2.31. The fourth-order valence-electron chi connectivity index (χ4n) is 8.96. The maximum absolute atomic E-state index is 13.7. The number of hydrogen-bond donors (Lipinski definition) is 3. The summed E-state index contributed by atoms with van der Waals surface area (Å²) in [6.45, 7) is 6.78. The molecular weight excluding hydrogens is 594 g/mol. The maximum atomic E-state index is 13.7. The second-order valence-electron chi connectivity index (χ2n) is 16.4. The molecule has 3 N–H and O–H groups in total. The Morgan fingerprint density at radius 3 is 1.06 bits per heavy atom. The Balaban J connectivity index is 1.46. The quantitative estimate of drug-likeness (QED) is 0.0945. The summed E-state index contributed by atoms with van der Waals surface area (Å²) in [5.74, 6) is 1.53. The number of nitrogens with one attached hydrogen (secondary N) is 3. The van der Waals surface area contributed by atoms with E-state index < -0.39 is 5.92 Å². The van der Waals surface area contributed by atoms with Gasteiger partial charge in [0.05, 0.1) is 5.92 Å². The summed E-state index contributed by atoms with van der Waals surface area (Å²) in [6, 6.07) is 0.566. The average Bonchev–Trinajstić information content (AvgIpc) is 3.09. The lowest BCUT2D eigenvalue weighted by Gasteiger charge is -2.31. The van der Waals surface area contributed by atoms with Crippen LogP contribution in [0.25, 0.3) is 0 Å². The summed E-state index contributed by atoms with van der Waals surface area (Å²) in [5.41, 5.74) is 0. The SMILES string of the molecule is CCCCCCC1CCC(NC(=O)CC(CC(=O)NC2CCC(CCCCCC)CC2)C(=O)NC2CCC(CCCCCC)CC2)CC1. The highest BCUT2D eigenvalue weighted by Crippen LogP contribution is 2.31. The van der Waals surface area contributed by atoms with E-state index in [1.165, 1.54) is 135 Å². The van der Waals surface area contributed by atoms with Crippen LogP contribution < -0.4 is 16.0 Å². The highest BCUT2D eigenvalue weighted by molar-refractivity contribution is 5.90. The molecule has 3 saturated carbocycles. The average molecular weight is 672 g/mol. The van der Waals surface area contributed by atoms with Gasteiger partial charge in [0.25, 0.3) is 0 Å². The topological polar surface area (TPSA) is 87.3 Å². The van der Waals surface area contributed by atoms with E-state index in [1.807, 2.05) is 0 Å². The third-order valence-electron chi connectivity index (χ3n) is 12.2. The molecule has 3 amide bonds. The van der Waals surface area contributed by atoms with Crippen molar-refractivity contribution >= 4 is 17.7 Å². The molecule has 0 heterocycles. The molecule has 0 aromatic carbocycles. The Morgan fingerprint density at radius 2 is 0.750 bits per heavy atom. The molecule has 0 spiro atoms. The standard InChI is InChI=1S/C42H77N3O3/c1-4-7-10-13-16-33-19-25-37(26-20-33)43-40(46)31-36(42(48)45-39-29-23-35(24-30-39)18-15-12-9-6-3)32-41(47)44-38-27-21-34(22-28-38)17-14-11-8-5-2/h33-39H,4-32H2,1-3H3,(H,43,46)(H,44,47)(H,45,48). The largest absolute Gasteiger partial charge is 0.353 e. The van der Waals surface area contributed by atoms with Crippen LogP contribution in [0.4, 0.5) is 0 Å². The van der Waals surface area contributed by atoms with Gasteiger partial charge in [-0.25, -0.2) is 0 Å². The Kier molecular flexibility index (Phi) is 20.9. The fourth-order valence-corrected chi connectivity index (χ4v) is 8.96. The van der Waals surface area contributed by atoms with Crippen LogP contribution in [0.1, 0.15) is 207 Å². The lowest BCUT2D eigenvalue weighted by Crippen LogP contribution is -2.46. The minimum Gasteiger partial charge on any atom is -0.353 e. The Morgan fingerprint density at radius 1 is 0.438 bits per heavy atom. The van der Waals surface area contributed by atoms with Gasteiger partial charge in [0.1, 0.15) is 0 Å². The van der Waals surface area contributed by atoms with Gasteiger partial charge in [0.15, 0.2) is 0 Å². The molecule has 3 aliphatic rings. The predicted octanol–water partition coefficient (Wildman–Crippen LogP) is 10.3. The van der Waals surface area contributed by atoms with Crippen molar-refractivity contribution in [2.75, 3.05) is 0 Å². The monoisotopic (exact) mass is 672 g/mol. The van der Waals surface area contributed by atoms with Crippen LogP contribution in [0.3, 0.4) is 0 Å². The molecule has 3 rings (SSSR count). The molecule has 3 fully saturated rings. The van der Waals surface area contributed by atoms with Gasteiger partial charge >= 0.3 is 0 Å². The van der Waals surface area contributed by atoms with Crippen LogP contribution in [0, 0.1) is 23.7 Å². The number of rotatable bonds is 23. The van der Waals surface area contributed by atoms with Gasteiger partial charge in [0.2, 0.25) is 17.7 Å². The van der Waals surface area contributed by atoms with Crippen molar-refractivity contribution in [3.63, 3.8) is 0 Å². The number of carbonyl (C=O) groups is 3. The second-order valence-corrected chi connectivity index (χ2v) is 16.4. The van der Waals surface area contributed by atoms with Crippen LogP contribution in [-0.4, -0.2) is 35.8 Å². The molecule has 3 aliphatic carbocycles. The molecule has 6 heteroatoms. The first-order chi connectivity index (χ1) is 23.4. The van der Waals surface area contributed by atoms with E-state index in [0.29, 0.717) is 0 Å². The summed E-state index contributed by atoms with van der Waals surface area (Å²) >= 11 is 0. The third-order valence-corrected chi connectivity index (χ3v) is 12.2. The van der Waals surface area contributed by atoms with Crippen molar-refractivity contribution in [1.82, 2.24) is 16.0 Å².